The van der Waals surface area contributed by atoms with Gasteiger partial charge >= 0.3 is 0 Å². The van der Waals surface area contributed by atoms with Gasteiger partial charge in [0.15, 0.2) is 11.5 Å². The average molecular weight is 380 g/mol. The predicted octanol–water partition coefficient (Wildman–Crippen LogP) is 4.59. The van der Waals surface area contributed by atoms with Crippen molar-refractivity contribution in [2.24, 2.45) is 0 Å². The number of nitrogens with one attached hydrogen (secondary N) is 1. The van der Waals surface area contributed by atoms with E-state index < -0.39 is 0 Å². The molecule has 1 amide bonds. The number of fused-ring (bicyclic) bond motifs is 1. The van der Waals surface area contributed by atoms with Crippen molar-refractivity contribution in [1.29, 1.82) is 0 Å². The van der Waals surface area contributed by atoms with Crippen LogP contribution in [0.5, 0.6) is 11.5 Å². The van der Waals surface area contributed by atoms with Crippen molar-refractivity contribution >= 4 is 11.6 Å². The van der Waals surface area contributed by atoms with Crippen LogP contribution in [0.25, 0.3) is 0 Å². The summed E-state index contributed by atoms with van der Waals surface area (Å²) in [6.45, 7) is 4.24. The molecule has 0 saturated heterocycles. The molecule has 0 saturated carbocycles. The van der Waals surface area contributed by atoms with E-state index in [0.717, 1.165) is 17.0 Å². The van der Waals surface area contributed by atoms with Gasteiger partial charge in [0.05, 0.1) is 12.5 Å². The number of halogens is 1. The van der Waals surface area contributed by atoms with Gasteiger partial charge in [-0.05, 0) is 67.9 Å². The Hall–Kier alpha value is -3.28. The first-order valence-corrected chi connectivity index (χ1v) is 9.10. The summed E-state index contributed by atoms with van der Waals surface area (Å²) in [5.74, 6) is 0.903. The molecule has 6 heteroatoms. The summed E-state index contributed by atoms with van der Waals surface area (Å²) in [6.07, 6.45) is 0.230. The van der Waals surface area contributed by atoms with E-state index in [-0.39, 0.29) is 31.0 Å². The highest BCUT2D eigenvalue weighted by atomic mass is 19.1. The summed E-state index contributed by atoms with van der Waals surface area (Å²) in [4.78, 5) is 12.8. The minimum Gasteiger partial charge on any atom is -0.454 e. The van der Waals surface area contributed by atoms with Gasteiger partial charge in [-0.25, -0.2) is 4.39 Å². The summed E-state index contributed by atoms with van der Waals surface area (Å²) in [5.41, 5.74) is 3.65. The molecule has 144 valence electrons. The van der Waals surface area contributed by atoms with Crippen LogP contribution in [0.3, 0.4) is 0 Å². The van der Waals surface area contributed by atoms with Crippen molar-refractivity contribution < 1.29 is 18.7 Å². The Bertz CT molecular complexity index is 992. The number of ether oxygens (including phenoxy) is 2. The van der Waals surface area contributed by atoms with E-state index in [1.54, 1.807) is 12.1 Å². The topological polar surface area (TPSA) is 52.5 Å². The zero-order valence-corrected chi connectivity index (χ0v) is 15.7. The van der Waals surface area contributed by atoms with Crippen molar-refractivity contribution in [2.75, 3.05) is 12.1 Å². The molecule has 2 heterocycles. The second kappa shape index (κ2) is 7.38. The average Bonchev–Trinajstić information content (AvgIpc) is 3.27. The number of aromatic nitrogens is 1. The van der Waals surface area contributed by atoms with E-state index in [9.17, 15) is 9.18 Å². The lowest BCUT2D eigenvalue weighted by Crippen LogP contribution is -2.21. The molecule has 5 nitrogen and oxygen atoms in total. The van der Waals surface area contributed by atoms with Gasteiger partial charge in [0.1, 0.15) is 5.82 Å². The fourth-order valence-electron chi connectivity index (χ4n) is 3.57. The van der Waals surface area contributed by atoms with Crippen LogP contribution in [0.1, 0.15) is 29.4 Å². The maximum Gasteiger partial charge on any atom is 0.231 e. The molecule has 3 aromatic rings. The Kier molecular flexibility index (Phi) is 4.77. The van der Waals surface area contributed by atoms with E-state index in [1.165, 1.54) is 12.1 Å². The van der Waals surface area contributed by atoms with Gasteiger partial charge in [-0.15, -0.1) is 0 Å². The predicted molar refractivity (Wildman–Crippen MR) is 104 cm³/mol. The number of amides is 1. The smallest absolute Gasteiger partial charge is 0.231 e. The zero-order valence-electron chi connectivity index (χ0n) is 15.7. The monoisotopic (exact) mass is 380 g/mol. The molecule has 0 bridgehead atoms. The van der Waals surface area contributed by atoms with Crippen LogP contribution in [0.2, 0.25) is 0 Å². The zero-order chi connectivity index (χ0) is 19.7. The number of carbonyl (C=O) groups is 1. The first-order valence-electron chi connectivity index (χ1n) is 9.10. The standard InChI is InChI=1S/C22H21FN2O3/c1-14-3-4-15(2)25(14)19(16-5-10-20-21(11-16)28-13-27-20)12-22(26)24-18-8-6-17(23)7-9-18/h3-11,19H,12-13H2,1-2H3,(H,24,26)/t19-/m1/s1. The molecular weight excluding hydrogens is 359 g/mol. The summed E-state index contributed by atoms with van der Waals surface area (Å²) < 4.78 is 26.2. The van der Waals surface area contributed by atoms with Gasteiger partial charge in [0.25, 0.3) is 0 Å². The lowest BCUT2D eigenvalue weighted by molar-refractivity contribution is -0.116. The van der Waals surface area contributed by atoms with Gasteiger partial charge in [0.2, 0.25) is 12.7 Å². The molecule has 2 aromatic carbocycles. The highest BCUT2D eigenvalue weighted by Crippen LogP contribution is 2.37. The molecule has 1 aliphatic rings. The van der Waals surface area contributed by atoms with Crippen LogP contribution in [-0.4, -0.2) is 17.3 Å². The largest absolute Gasteiger partial charge is 0.454 e. The molecule has 0 aliphatic carbocycles. The molecule has 1 atom stereocenters. The number of anilines is 1. The highest BCUT2D eigenvalue weighted by molar-refractivity contribution is 5.91. The Morgan fingerprint density at radius 1 is 1.04 bits per heavy atom. The number of carbonyl (C=O) groups excluding carboxylic acids is 1. The van der Waals surface area contributed by atoms with Crippen molar-refractivity contribution in [3.05, 3.63) is 77.4 Å². The van der Waals surface area contributed by atoms with Crippen LogP contribution >= 0.6 is 0 Å². The van der Waals surface area contributed by atoms with E-state index in [2.05, 4.69) is 9.88 Å². The van der Waals surface area contributed by atoms with Gasteiger partial charge in [0, 0.05) is 17.1 Å². The second-order valence-corrected chi connectivity index (χ2v) is 6.87. The number of rotatable bonds is 5. The highest BCUT2D eigenvalue weighted by Gasteiger charge is 2.23. The fourth-order valence-corrected chi connectivity index (χ4v) is 3.57. The third kappa shape index (κ3) is 3.58. The molecule has 0 fully saturated rings. The molecule has 28 heavy (non-hydrogen) atoms. The quantitative estimate of drug-likeness (QED) is 0.704. The summed E-state index contributed by atoms with van der Waals surface area (Å²) in [7, 11) is 0. The van der Waals surface area contributed by atoms with Crippen LogP contribution in [0.4, 0.5) is 10.1 Å². The maximum atomic E-state index is 13.1. The number of hydrogen-bond donors (Lipinski definition) is 1. The Labute approximate surface area is 162 Å². The molecular formula is C22H21FN2O3. The van der Waals surface area contributed by atoms with Gasteiger partial charge in [-0.1, -0.05) is 6.07 Å². The van der Waals surface area contributed by atoms with E-state index in [0.29, 0.717) is 17.2 Å². The molecule has 0 spiro atoms. The SMILES string of the molecule is Cc1ccc(C)n1[C@H](CC(=O)Nc1ccc(F)cc1)c1ccc2c(c1)OCO2. The summed E-state index contributed by atoms with van der Waals surface area (Å²) >= 11 is 0. The summed E-state index contributed by atoms with van der Waals surface area (Å²) in [6, 6.07) is 15.4. The molecule has 0 unspecified atom stereocenters. The number of nitrogens with zero attached hydrogens (tertiary/aromatic N) is 1. The summed E-state index contributed by atoms with van der Waals surface area (Å²) in [5, 5.41) is 2.85. The van der Waals surface area contributed by atoms with E-state index in [4.69, 9.17) is 9.47 Å². The number of hydrogen-bond acceptors (Lipinski definition) is 3. The second-order valence-electron chi connectivity index (χ2n) is 6.87. The Morgan fingerprint density at radius 2 is 1.71 bits per heavy atom. The van der Waals surface area contributed by atoms with Crippen LogP contribution < -0.4 is 14.8 Å². The molecule has 1 aliphatic heterocycles. The van der Waals surface area contributed by atoms with Gasteiger partial charge < -0.3 is 19.4 Å². The number of aryl methyl sites for hydroxylation is 2. The third-order valence-corrected chi connectivity index (χ3v) is 4.93. The van der Waals surface area contributed by atoms with E-state index in [1.807, 2.05) is 44.2 Å². The molecule has 4 rings (SSSR count). The lowest BCUT2D eigenvalue weighted by Gasteiger charge is -2.23. The van der Waals surface area contributed by atoms with Crippen LogP contribution in [0, 0.1) is 19.7 Å². The van der Waals surface area contributed by atoms with E-state index >= 15 is 0 Å². The first-order chi connectivity index (χ1) is 13.5. The van der Waals surface area contributed by atoms with Crippen molar-refractivity contribution in [1.82, 2.24) is 4.57 Å². The third-order valence-electron chi connectivity index (χ3n) is 4.93. The van der Waals surface area contributed by atoms with Gasteiger partial charge in [-0.2, -0.15) is 0 Å². The number of benzene rings is 2. The minimum atomic E-state index is -0.338. The first kappa shape index (κ1) is 18.1. The normalized spacial score (nSPS) is 13.4. The van der Waals surface area contributed by atoms with Crippen LogP contribution in [0.15, 0.2) is 54.6 Å². The Morgan fingerprint density at radius 3 is 2.43 bits per heavy atom. The Balaban J connectivity index is 1.63. The minimum absolute atomic E-state index is 0.151. The lowest BCUT2D eigenvalue weighted by atomic mass is 10.0. The maximum absolute atomic E-state index is 13.1. The molecule has 1 N–H and O–H groups in total. The van der Waals surface area contributed by atoms with Crippen LogP contribution in [-0.2, 0) is 4.79 Å². The van der Waals surface area contributed by atoms with Gasteiger partial charge in [-0.3, -0.25) is 4.79 Å². The fraction of sp³-hybridized carbons (Fsp3) is 0.227. The van der Waals surface area contributed by atoms with Crippen molar-refractivity contribution in [3.63, 3.8) is 0 Å². The van der Waals surface area contributed by atoms with Crippen molar-refractivity contribution in [2.45, 2.75) is 26.3 Å². The molecule has 0 radical (unpaired) electrons. The van der Waals surface area contributed by atoms with Crippen molar-refractivity contribution in [3.8, 4) is 11.5 Å². The molecule has 1 aromatic heterocycles.